The van der Waals surface area contributed by atoms with E-state index in [1.807, 2.05) is 29.2 Å². The number of amides is 1. The standard InChI is InChI=1S/C17H18N2OS/c1-11-6-12(2)8-15(7-11)19-16(20)10-21-17(19)13-4-3-5-14(18)9-13/h3-9,17H,10,18H2,1-2H3/t17-/m0/s1. The maximum Gasteiger partial charge on any atom is 0.238 e. The van der Waals surface area contributed by atoms with Gasteiger partial charge in [0.2, 0.25) is 5.91 Å². The average molecular weight is 298 g/mol. The van der Waals surface area contributed by atoms with Crippen LogP contribution in [0, 0.1) is 13.8 Å². The molecule has 0 radical (unpaired) electrons. The van der Waals surface area contributed by atoms with E-state index < -0.39 is 0 Å². The Morgan fingerprint density at radius 2 is 1.86 bits per heavy atom. The molecular formula is C17H18N2OS. The number of carbonyl (C=O) groups excluding carboxylic acids is 1. The van der Waals surface area contributed by atoms with Crippen LogP contribution < -0.4 is 10.6 Å². The molecule has 2 aromatic carbocycles. The second kappa shape index (κ2) is 5.45. The highest BCUT2D eigenvalue weighted by atomic mass is 32.2. The Bertz CT molecular complexity index is 679. The van der Waals surface area contributed by atoms with Gasteiger partial charge in [0.25, 0.3) is 0 Å². The average Bonchev–Trinajstić information content (AvgIpc) is 2.79. The van der Waals surface area contributed by atoms with E-state index in [4.69, 9.17) is 5.73 Å². The summed E-state index contributed by atoms with van der Waals surface area (Å²) < 4.78 is 0. The van der Waals surface area contributed by atoms with E-state index in [2.05, 4.69) is 32.0 Å². The van der Waals surface area contributed by atoms with Gasteiger partial charge in [-0.1, -0.05) is 18.2 Å². The maximum absolute atomic E-state index is 12.3. The van der Waals surface area contributed by atoms with Crippen LogP contribution >= 0.6 is 11.8 Å². The molecule has 0 bridgehead atoms. The topological polar surface area (TPSA) is 46.3 Å². The minimum atomic E-state index is 0.00204. The lowest BCUT2D eigenvalue weighted by molar-refractivity contribution is -0.115. The highest BCUT2D eigenvalue weighted by molar-refractivity contribution is 8.00. The van der Waals surface area contributed by atoms with Crippen LogP contribution in [0.25, 0.3) is 0 Å². The first-order chi connectivity index (χ1) is 10.0. The first-order valence-electron chi connectivity index (χ1n) is 6.92. The van der Waals surface area contributed by atoms with Crippen molar-refractivity contribution in [2.75, 3.05) is 16.4 Å². The lowest BCUT2D eigenvalue weighted by atomic mass is 10.1. The molecule has 0 saturated carbocycles. The summed E-state index contributed by atoms with van der Waals surface area (Å²) in [6.07, 6.45) is 0. The Labute approximate surface area is 129 Å². The molecule has 3 nitrogen and oxygen atoms in total. The summed E-state index contributed by atoms with van der Waals surface area (Å²) in [5, 5.41) is 0.00204. The van der Waals surface area contributed by atoms with Crippen molar-refractivity contribution < 1.29 is 4.79 Å². The van der Waals surface area contributed by atoms with E-state index in [1.165, 1.54) is 11.1 Å². The van der Waals surface area contributed by atoms with Crippen molar-refractivity contribution in [3.63, 3.8) is 0 Å². The molecule has 3 rings (SSSR count). The van der Waals surface area contributed by atoms with Crippen molar-refractivity contribution in [3.8, 4) is 0 Å². The maximum atomic E-state index is 12.3. The highest BCUT2D eigenvalue weighted by Gasteiger charge is 2.34. The van der Waals surface area contributed by atoms with Crippen LogP contribution in [0.4, 0.5) is 11.4 Å². The zero-order valence-corrected chi connectivity index (χ0v) is 13.0. The van der Waals surface area contributed by atoms with Crippen molar-refractivity contribution in [2.45, 2.75) is 19.2 Å². The van der Waals surface area contributed by atoms with Gasteiger partial charge in [-0.05, 0) is 54.8 Å². The summed E-state index contributed by atoms with van der Waals surface area (Å²) in [4.78, 5) is 14.2. The third-order valence-corrected chi connectivity index (χ3v) is 4.76. The molecule has 0 unspecified atom stereocenters. The number of anilines is 2. The second-order valence-electron chi connectivity index (χ2n) is 5.44. The molecule has 2 aromatic rings. The van der Waals surface area contributed by atoms with Crippen LogP contribution in [0.15, 0.2) is 42.5 Å². The molecule has 4 heteroatoms. The van der Waals surface area contributed by atoms with Gasteiger partial charge in [0, 0.05) is 11.4 Å². The molecule has 0 aromatic heterocycles. The Hall–Kier alpha value is -1.94. The molecule has 1 aliphatic heterocycles. The molecule has 2 N–H and O–H groups in total. The van der Waals surface area contributed by atoms with Gasteiger partial charge >= 0.3 is 0 Å². The summed E-state index contributed by atoms with van der Waals surface area (Å²) >= 11 is 1.65. The molecule has 1 amide bonds. The first kappa shape index (κ1) is 14.0. The lowest BCUT2D eigenvalue weighted by Crippen LogP contribution is -2.28. The minimum absolute atomic E-state index is 0.00204. The number of rotatable bonds is 2. The largest absolute Gasteiger partial charge is 0.399 e. The number of hydrogen-bond donors (Lipinski definition) is 1. The normalized spacial score (nSPS) is 18.3. The monoisotopic (exact) mass is 298 g/mol. The highest BCUT2D eigenvalue weighted by Crippen LogP contribution is 2.42. The fourth-order valence-electron chi connectivity index (χ4n) is 2.75. The number of hydrogen-bond acceptors (Lipinski definition) is 3. The fraction of sp³-hybridized carbons (Fsp3) is 0.235. The van der Waals surface area contributed by atoms with Crippen molar-refractivity contribution in [1.29, 1.82) is 0 Å². The van der Waals surface area contributed by atoms with E-state index in [0.717, 1.165) is 16.9 Å². The number of aryl methyl sites for hydroxylation is 2. The van der Waals surface area contributed by atoms with E-state index in [1.54, 1.807) is 11.8 Å². The number of carbonyl (C=O) groups is 1. The van der Waals surface area contributed by atoms with E-state index in [0.29, 0.717) is 5.75 Å². The second-order valence-corrected chi connectivity index (χ2v) is 6.51. The number of nitrogens with two attached hydrogens (primary N) is 1. The molecule has 1 saturated heterocycles. The van der Waals surface area contributed by atoms with Crippen LogP contribution in [-0.4, -0.2) is 11.7 Å². The minimum Gasteiger partial charge on any atom is -0.399 e. The lowest BCUT2D eigenvalue weighted by Gasteiger charge is -2.25. The predicted octanol–water partition coefficient (Wildman–Crippen LogP) is 3.66. The quantitative estimate of drug-likeness (QED) is 0.861. The van der Waals surface area contributed by atoms with Crippen LogP contribution in [-0.2, 0) is 4.79 Å². The van der Waals surface area contributed by atoms with Crippen LogP contribution in [0.2, 0.25) is 0 Å². The van der Waals surface area contributed by atoms with Gasteiger partial charge in [-0.3, -0.25) is 9.69 Å². The SMILES string of the molecule is Cc1cc(C)cc(N2C(=O)CS[C@H]2c2cccc(N)c2)c1. The van der Waals surface area contributed by atoms with Crippen molar-refractivity contribution >= 4 is 29.0 Å². The summed E-state index contributed by atoms with van der Waals surface area (Å²) in [5.41, 5.74) is 11.0. The van der Waals surface area contributed by atoms with Gasteiger partial charge in [0.15, 0.2) is 0 Å². The third kappa shape index (κ3) is 2.76. The summed E-state index contributed by atoms with van der Waals surface area (Å²) in [7, 11) is 0. The van der Waals surface area contributed by atoms with Gasteiger partial charge in [-0.25, -0.2) is 0 Å². The number of thioether (sulfide) groups is 1. The molecular weight excluding hydrogens is 280 g/mol. The summed E-state index contributed by atoms with van der Waals surface area (Å²) in [6, 6.07) is 14.0. The zero-order valence-electron chi connectivity index (χ0n) is 12.2. The summed E-state index contributed by atoms with van der Waals surface area (Å²) in [5.74, 6) is 0.657. The Morgan fingerprint density at radius 3 is 2.52 bits per heavy atom. The molecule has 0 spiro atoms. The van der Waals surface area contributed by atoms with Crippen molar-refractivity contribution in [3.05, 3.63) is 59.2 Å². The summed E-state index contributed by atoms with van der Waals surface area (Å²) in [6.45, 7) is 4.11. The van der Waals surface area contributed by atoms with Crippen molar-refractivity contribution in [1.82, 2.24) is 0 Å². The number of benzene rings is 2. The van der Waals surface area contributed by atoms with Gasteiger partial charge in [-0.15, -0.1) is 11.8 Å². The smallest absolute Gasteiger partial charge is 0.238 e. The Kier molecular flexibility index (Phi) is 3.64. The van der Waals surface area contributed by atoms with Gasteiger partial charge in [-0.2, -0.15) is 0 Å². The Morgan fingerprint density at radius 1 is 1.14 bits per heavy atom. The van der Waals surface area contributed by atoms with E-state index >= 15 is 0 Å². The fourth-order valence-corrected chi connectivity index (χ4v) is 3.92. The molecule has 1 fully saturated rings. The third-order valence-electron chi connectivity index (χ3n) is 3.55. The molecule has 0 aliphatic carbocycles. The molecule has 1 atom stereocenters. The van der Waals surface area contributed by atoms with Gasteiger partial charge in [0.1, 0.15) is 5.37 Å². The van der Waals surface area contributed by atoms with Crippen LogP contribution in [0.3, 0.4) is 0 Å². The molecule has 108 valence electrons. The zero-order chi connectivity index (χ0) is 15.0. The van der Waals surface area contributed by atoms with Gasteiger partial charge in [0.05, 0.1) is 5.75 Å². The number of nitrogen functional groups attached to an aromatic ring is 1. The van der Waals surface area contributed by atoms with Crippen LogP contribution in [0.5, 0.6) is 0 Å². The number of nitrogens with zero attached hydrogens (tertiary/aromatic N) is 1. The van der Waals surface area contributed by atoms with E-state index in [9.17, 15) is 4.79 Å². The first-order valence-corrected chi connectivity index (χ1v) is 7.97. The van der Waals surface area contributed by atoms with Crippen LogP contribution in [0.1, 0.15) is 22.1 Å². The predicted molar refractivity (Wildman–Crippen MR) is 89.5 cm³/mol. The van der Waals surface area contributed by atoms with Gasteiger partial charge < -0.3 is 5.73 Å². The van der Waals surface area contributed by atoms with E-state index in [-0.39, 0.29) is 11.3 Å². The van der Waals surface area contributed by atoms with Crippen molar-refractivity contribution in [2.24, 2.45) is 0 Å². The molecule has 21 heavy (non-hydrogen) atoms. The Balaban J connectivity index is 2.03. The molecule has 1 aliphatic rings. The molecule has 1 heterocycles.